The molecular weight excluding hydrogens is 238 g/mol. The van der Waals surface area contributed by atoms with Gasteiger partial charge in [0, 0.05) is 13.5 Å². The van der Waals surface area contributed by atoms with E-state index in [1.165, 1.54) is 7.05 Å². The van der Waals surface area contributed by atoms with Gasteiger partial charge in [-0.1, -0.05) is 5.16 Å². The molecule has 0 fully saturated rings. The lowest BCUT2D eigenvalue weighted by molar-refractivity contribution is -0.114. The molecule has 1 rings (SSSR count). The van der Waals surface area contributed by atoms with Crippen molar-refractivity contribution < 1.29 is 19.2 Å². The van der Waals surface area contributed by atoms with Gasteiger partial charge in [-0.25, -0.2) is 4.79 Å². The van der Waals surface area contributed by atoms with Crippen molar-refractivity contribution in [3.05, 3.63) is 0 Å². The van der Waals surface area contributed by atoms with E-state index in [1.54, 1.807) is 20.8 Å². The third-order valence-corrected chi connectivity index (χ3v) is 2.10. The van der Waals surface area contributed by atoms with E-state index in [4.69, 9.17) is 9.57 Å². The van der Waals surface area contributed by atoms with Crippen LogP contribution in [0.25, 0.3) is 0 Å². The van der Waals surface area contributed by atoms with Crippen LogP contribution >= 0.6 is 0 Å². The number of nitrogens with zero attached hydrogens (tertiary/aromatic N) is 1. The third-order valence-electron chi connectivity index (χ3n) is 2.10. The summed E-state index contributed by atoms with van der Waals surface area (Å²) in [7, 11) is 1.52. The van der Waals surface area contributed by atoms with E-state index in [-0.39, 0.29) is 18.6 Å². The first-order chi connectivity index (χ1) is 8.31. The molecule has 2 N–H and O–H groups in total. The Morgan fingerprint density at radius 2 is 2.17 bits per heavy atom. The monoisotopic (exact) mass is 257 g/mol. The minimum Gasteiger partial charge on any atom is -0.444 e. The normalized spacial score (nSPS) is 18.7. The van der Waals surface area contributed by atoms with Crippen LogP contribution in [0.4, 0.5) is 4.79 Å². The van der Waals surface area contributed by atoms with Gasteiger partial charge in [0.05, 0.1) is 6.54 Å². The number of rotatable bonds is 3. The van der Waals surface area contributed by atoms with Crippen LogP contribution in [0.1, 0.15) is 27.2 Å². The molecule has 0 aromatic rings. The summed E-state index contributed by atoms with van der Waals surface area (Å²) >= 11 is 0. The number of nitrogens with one attached hydrogen (secondary N) is 2. The lowest BCUT2D eigenvalue weighted by atomic mass is 10.1. The molecule has 0 aliphatic carbocycles. The van der Waals surface area contributed by atoms with Crippen molar-refractivity contribution in [1.29, 1.82) is 0 Å². The van der Waals surface area contributed by atoms with E-state index in [0.29, 0.717) is 12.1 Å². The van der Waals surface area contributed by atoms with Crippen molar-refractivity contribution in [2.75, 3.05) is 13.6 Å². The molecule has 0 bridgehead atoms. The maximum atomic E-state index is 11.4. The number of hydrogen-bond donors (Lipinski definition) is 2. The van der Waals surface area contributed by atoms with Crippen LogP contribution in [0.15, 0.2) is 5.16 Å². The van der Waals surface area contributed by atoms with Crippen molar-refractivity contribution in [3.63, 3.8) is 0 Å². The zero-order valence-electron chi connectivity index (χ0n) is 11.1. The minimum atomic E-state index is -0.537. The van der Waals surface area contributed by atoms with Gasteiger partial charge in [-0.3, -0.25) is 4.79 Å². The van der Waals surface area contributed by atoms with Gasteiger partial charge in [-0.15, -0.1) is 0 Å². The smallest absolute Gasteiger partial charge is 0.407 e. The van der Waals surface area contributed by atoms with Crippen LogP contribution < -0.4 is 10.6 Å². The van der Waals surface area contributed by atoms with E-state index in [0.717, 1.165) is 0 Å². The molecular formula is C11H19N3O4. The number of hydrogen-bond acceptors (Lipinski definition) is 5. The number of carbonyl (C=O) groups excluding carboxylic acids is 2. The van der Waals surface area contributed by atoms with Gasteiger partial charge in [-0.2, -0.15) is 0 Å². The fourth-order valence-corrected chi connectivity index (χ4v) is 1.33. The lowest BCUT2D eigenvalue weighted by Crippen LogP contribution is -2.37. The summed E-state index contributed by atoms with van der Waals surface area (Å²) in [4.78, 5) is 27.7. The second-order valence-corrected chi connectivity index (χ2v) is 4.93. The number of ether oxygens (including phenoxy) is 1. The fraction of sp³-hybridized carbons (Fsp3) is 0.727. The summed E-state index contributed by atoms with van der Waals surface area (Å²) < 4.78 is 5.07. The average Bonchev–Trinajstić information content (AvgIpc) is 2.71. The van der Waals surface area contributed by atoms with Crippen molar-refractivity contribution in [2.24, 2.45) is 5.16 Å². The van der Waals surface area contributed by atoms with E-state index >= 15 is 0 Å². The van der Waals surface area contributed by atoms with Crippen LogP contribution in [0.3, 0.4) is 0 Å². The lowest BCUT2D eigenvalue weighted by Gasteiger charge is -2.20. The highest BCUT2D eigenvalue weighted by atomic mass is 16.6. The number of oxime groups is 1. The highest BCUT2D eigenvalue weighted by molar-refractivity contribution is 6.39. The molecule has 0 radical (unpaired) electrons. The highest BCUT2D eigenvalue weighted by Gasteiger charge is 2.26. The first-order valence-electron chi connectivity index (χ1n) is 5.73. The molecule has 18 heavy (non-hydrogen) atoms. The fourth-order valence-electron chi connectivity index (χ4n) is 1.33. The highest BCUT2D eigenvalue weighted by Crippen LogP contribution is 2.10. The number of alkyl carbamates (subject to hydrolysis) is 1. The summed E-state index contributed by atoms with van der Waals surface area (Å²) in [5, 5.41) is 8.68. The largest absolute Gasteiger partial charge is 0.444 e. The Morgan fingerprint density at radius 1 is 1.50 bits per heavy atom. The van der Waals surface area contributed by atoms with Gasteiger partial charge in [0.1, 0.15) is 11.3 Å². The molecule has 102 valence electrons. The molecule has 1 aliphatic rings. The molecule has 1 atom stereocenters. The molecule has 0 saturated heterocycles. The number of amides is 2. The Hall–Kier alpha value is -1.79. The average molecular weight is 257 g/mol. The first kappa shape index (κ1) is 14.3. The quantitative estimate of drug-likeness (QED) is 0.766. The van der Waals surface area contributed by atoms with Gasteiger partial charge in [0.25, 0.3) is 5.91 Å². The summed E-state index contributed by atoms with van der Waals surface area (Å²) in [6.07, 6.45) is -0.473. The molecule has 0 unspecified atom stereocenters. The zero-order valence-corrected chi connectivity index (χ0v) is 11.1. The van der Waals surface area contributed by atoms with Crippen molar-refractivity contribution in [3.8, 4) is 0 Å². The summed E-state index contributed by atoms with van der Waals surface area (Å²) in [6, 6.07) is 0. The first-order valence-corrected chi connectivity index (χ1v) is 5.73. The van der Waals surface area contributed by atoms with Crippen LogP contribution in [0, 0.1) is 0 Å². The predicted octanol–water partition coefficient (Wildman–Crippen LogP) is 0.402. The van der Waals surface area contributed by atoms with E-state index in [9.17, 15) is 9.59 Å². The van der Waals surface area contributed by atoms with Crippen LogP contribution in [0.2, 0.25) is 0 Å². The Balaban J connectivity index is 2.27. The Morgan fingerprint density at radius 3 is 2.72 bits per heavy atom. The van der Waals surface area contributed by atoms with E-state index in [2.05, 4.69) is 15.8 Å². The predicted molar refractivity (Wildman–Crippen MR) is 65.2 cm³/mol. The maximum Gasteiger partial charge on any atom is 0.407 e. The van der Waals surface area contributed by atoms with Crippen LogP contribution in [0.5, 0.6) is 0 Å². The standard InChI is InChI=1S/C11H19N3O4/c1-11(2,3)17-10(16)13-6-7-5-8(14-18-7)9(15)12-4/h7H,5-6H2,1-4H3,(H,12,15)(H,13,16)/t7-/m0/s1. The van der Waals surface area contributed by atoms with E-state index < -0.39 is 11.7 Å². The molecule has 2 amide bonds. The second kappa shape index (κ2) is 5.70. The summed E-state index contributed by atoms with van der Waals surface area (Å²) in [5.74, 6) is -0.269. The summed E-state index contributed by atoms with van der Waals surface area (Å²) in [5.41, 5.74) is -0.210. The molecule has 0 aromatic heterocycles. The Kier molecular flexibility index (Phi) is 4.52. The van der Waals surface area contributed by atoms with E-state index in [1.807, 2.05) is 0 Å². The molecule has 7 nitrogen and oxygen atoms in total. The molecule has 0 aromatic carbocycles. The molecule has 1 aliphatic heterocycles. The zero-order chi connectivity index (χ0) is 13.8. The summed E-state index contributed by atoms with van der Waals surface area (Å²) in [6.45, 7) is 5.60. The van der Waals surface area contributed by atoms with Gasteiger partial charge in [0.15, 0.2) is 6.10 Å². The van der Waals surface area contributed by atoms with Crippen molar-refractivity contribution in [1.82, 2.24) is 10.6 Å². The third kappa shape index (κ3) is 4.60. The Labute approximate surface area is 106 Å². The number of carbonyl (C=O) groups is 2. The van der Waals surface area contributed by atoms with Crippen LogP contribution in [-0.2, 0) is 14.4 Å². The molecule has 7 heteroatoms. The second-order valence-electron chi connectivity index (χ2n) is 4.93. The van der Waals surface area contributed by atoms with Gasteiger partial charge >= 0.3 is 6.09 Å². The maximum absolute atomic E-state index is 11.4. The van der Waals surface area contributed by atoms with Gasteiger partial charge < -0.3 is 20.2 Å². The van der Waals surface area contributed by atoms with Crippen molar-refractivity contribution >= 4 is 17.7 Å². The van der Waals surface area contributed by atoms with Gasteiger partial charge in [0.2, 0.25) is 0 Å². The Bertz CT molecular complexity index is 360. The van der Waals surface area contributed by atoms with Gasteiger partial charge in [-0.05, 0) is 20.8 Å². The van der Waals surface area contributed by atoms with Crippen LogP contribution in [-0.4, -0.2) is 43.0 Å². The molecule has 0 saturated carbocycles. The topological polar surface area (TPSA) is 89.0 Å². The molecule has 1 heterocycles. The SMILES string of the molecule is CNC(=O)C1=NO[C@H](CNC(=O)OC(C)(C)C)C1. The minimum absolute atomic E-state index is 0.249. The van der Waals surface area contributed by atoms with Crippen molar-refractivity contribution in [2.45, 2.75) is 38.9 Å². The molecule has 0 spiro atoms.